The van der Waals surface area contributed by atoms with Crippen molar-refractivity contribution in [3.63, 3.8) is 0 Å². The average molecular weight is 275 g/mol. The first-order valence-electron chi connectivity index (χ1n) is 7.56. The quantitative estimate of drug-likeness (QED) is 0.894. The van der Waals surface area contributed by atoms with E-state index in [2.05, 4.69) is 12.2 Å². The van der Waals surface area contributed by atoms with Crippen LogP contribution in [0.15, 0.2) is 18.2 Å². The molecule has 1 aliphatic heterocycles. The fourth-order valence-electron chi connectivity index (χ4n) is 2.75. The van der Waals surface area contributed by atoms with Gasteiger partial charge in [-0.25, -0.2) is 0 Å². The van der Waals surface area contributed by atoms with E-state index in [1.807, 2.05) is 32.0 Å². The van der Waals surface area contributed by atoms with Crippen molar-refractivity contribution in [2.24, 2.45) is 0 Å². The molecule has 0 aromatic heterocycles. The van der Waals surface area contributed by atoms with Gasteiger partial charge in [0.15, 0.2) is 0 Å². The summed E-state index contributed by atoms with van der Waals surface area (Å²) >= 11 is 0. The smallest absolute Gasteiger partial charge is 0.251 e. The summed E-state index contributed by atoms with van der Waals surface area (Å²) in [5.41, 5.74) is 3.00. The summed E-state index contributed by atoms with van der Waals surface area (Å²) in [6, 6.07) is 6.13. The van der Waals surface area contributed by atoms with E-state index in [-0.39, 0.29) is 11.9 Å². The third-order valence-corrected chi connectivity index (χ3v) is 3.95. The normalized spacial score (nSPS) is 19.9. The molecule has 1 heterocycles. The molecule has 3 nitrogen and oxygen atoms in total. The Bertz CT molecular complexity index is 464. The number of hydrogen-bond acceptors (Lipinski definition) is 2. The van der Waals surface area contributed by atoms with Crippen LogP contribution in [0.25, 0.3) is 0 Å². The summed E-state index contributed by atoms with van der Waals surface area (Å²) < 4.78 is 5.61. The van der Waals surface area contributed by atoms with Crippen molar-refractivity contribution in [1.82, 2.24) is 5.32 Å². The number of hydrogen-bond donors (Lipinski definition) is 1. The highest BCUT2D eigenvalue weighted by Crippen LogP contribution is 2.18. The predicted molar refractivity (Wildman–Crippen MR) is 81.1 cm³/mol. The highest BCUT2D eigenvalue weighted by Gasteiger charge is 2.17. The summed E-state index contributed by atoms with van der Waals surface area (Å²) in [6.45, 7) is 6.99. The molecule has 1 aliphatic rings. The maximum absolute atomic E-state index is 12.2. The minimum atomic E-state index is 0.0299. The number of rotatable bonds is 5. The van der Waals surface area contributed by atoms with Crippen LogP contribution in [0.5, 0.6) is 0 Å². The predicted octanol–water partition coefficient (Wildman–Crippen LogP) is 3.38. The lowest BCUT2D eigenvalue weighted by Crippen LogP contribution is -2.33. The zero-order valence-electron chi connectivity index (χ0n) is 12.7. The molecule has 0 unspecified atom stereocenters. The molecular formula is C17H25NO2. The summed E-state index contributed by atoms with van der Waals surface area (Å²) in [5.74, 6) is 0.0299. The van der Waals surface area contributed by atoms with Gasteiger partial charge in [0.2, 0.25) is 0 Å². The van der Waals surface area contributed by atoms with Crippen molar-refractivity contribution < 1.29 is 9.53 Å². The van der Waals surface area contributed by atoms with Gasteiger partial charge in [-0.05, 0) is 58.1 Å². The first-order valence-corrected chi connectivity index (χ1v) is 7.56. The molecular weight excluding hydrogens is 250 g/mol. The summed E-state index contributed by atoms with van der Waals surface area (Å²) in [5, 5.41) is 3.09. The van der Waals surface area contributed by atoms with E-state index in [4.69, 9.17) is 4.74 Å². The zero-order chi connectivity index (χ0) is 14.5. The molecule has 2 atom stereocenters. The lowest BCUT2D eigenvalue weighted by molar-refractivity contribution is 0.0899. The van der Waals surface area contributed by atoms with E-state index >= 15 is 0 Å². The van der Waals surface area contributed by atoms with Gasteiger partial charge in [-0.15, -0.1) is 0 Å². The SMILES string of the molecule is Cc1ccc(C(=O)N[C@H](C)CC[C@@H]2CCCO2)c(C)c1. The lowest BCUT2D eigenvalue weighted by atomic mass is 10.0. The number of amides is 1. The second-order valence-corrected chi connectivity index (χ2v) is 5.91. The standard InChI is InChI=1S/C17H25NO2/c1-12-6-9-16(13(2)11-12)17(19)18-14(3)7-8-15-5-4-10-20-15/h6,9,11,14-15H,4-5,7-8,10H2,1-3H3,(H,18,19)/t14-,15+/m1/s1. The Morgan fingerprint density at radius 3 is 2.90 bits per heavy atom. The fourth-order valence-corrected chi connectivity index (χ4v) is 2.75. The van der Waals surface area contributed by atoms with Crippen LogP contribution in [0.2, 0.25) is 0 Å². The number of carbonyl (C=O) groups excluding carboxylic acids is 1. The highest BCUT2D eigenvalue weighted by atomic mass is 16.5. The van der Waals surface area contributed by atoms with Gasteiger partial charge in [-0.2, -0.15) is 0 Å². The second kappa shape index (κ2) is 6.89. The topological polar surface area (TPSA) is 38.3 Å². The molecule has 0 radical (unpaired) electrons. The maximum atomic E-state index is 12.2. The molecule has 3 heteroatoms. The molecule has 110 valence electrons. The monoisotopic (exact) mass is 275 g/mol. The van der Waals surface area contributed by atoms with Crippen LogP contribution in [0.4, 0.5) is 0 Å². The lowest BCUT2D eigenvalue weighted by Gasteiger charge is -2.17. The summed E-state index contributed by atoms with van der Waals surface area (Å²) in [7, 11) is 0. The number of benzene rings is 1. The Kier molecular flexibility index (Phi) is 5.18. The minimum absolute atomic E-state index is 0.0299. The van der Waals surface area contributed by atoms with Crippen molar-refractivity contribution in [1.29, 1.82) is 0 Å². The Labute approximate surface area is 121 Å². The Morgan fingerprint density at radius 1 is 1.45 bits per heavy atom. The van der Waals surface area contributed by atoms with Gasteiger partial charge in [-0.1, -0.05) is 17.7 Å². The number of aryl methyl sites for hydroxylation is 2. The molecule has 1 aromatic rings. The van der Waals surface area contributed by atoms with Crippen LogP contribution >= 0.6 is 0 Å². The van der Waals surface area contributed by atoms with Gasteiger partial charge in [0.1, 0.15) is 0 Å². The average Bonchev–Trinajstić information content (AvgIpc) is 2.89. The molecule has 20 heavy (non-hydrogen) atoms. The third-order valence-electron chi connectivity index (χ3n) is 3.95. The third kappa shape index (κ3) is 4.07. The zero-order valence-corrected chi connectivity index (χ0v) is 12.7. The molecule has 2 rings (SSSR count). The van der Waals surface area contributed by atoms with Crippen LogP contribution in [0, 0.1) is 13.8 Å². The molecule has 0 bridgehead atoms. The first-order chi connectivity index (χ1) is 9.56. The van der Waals surface area contributed by atoms with Gasteiger partial charge in [0.25, 0.3) is 5.91 Å². The Hall–Kier alpha value is -1.35. The van der Waals surface area contributed by atoms with E-state index in [0.29, 0.717) is 6.10 Å². The fraction of sp³-hybridized carbons (Fsp3) is 0.588. The van der Waals surface area contributed by atoms with Crippen molar-refractivity contribution in [3.8, 4) is 0 Å². The molecule has 1 amide bonds. The summed E-state index contributed by atoms with van der Waals surface area (Å²) in [4.78, 5) is 12.2. The van der Waals surface area contributed by atoms with Crippen LogP contribution in [-0.2, 0) is 4.74 Å². The largest absolute Gasteiger partial charge is 0.378 e. The molecule has 1 N–H and O–H groups in total. The number of ether oxygens (including phenoxy) is 1. The number of carbonyl (C=O) groups is 1. The molecule has 0 saturated carbocycles. The highest BCUT2D eigenvalue weighted by molar-refractivity contribution is 5.95. The van der Waals surface area contributed by atoms with E-state index in [1.54, 1.807) is 0 Å². The van der Waals surface area contributed by atoms with Gasteiger partial charge in [0, 0.05) is 18.2 Å². The van der Waals surface area contributed by atoms with Gasteiger partial charge < -0.3 is 10.1 Å². The molecule has 1 aromatic carbocycles. The van der Waals surface area contributed by atoms with E-state index in [9.17, 15) is 4.79 Å². The Morgan fingerprint density at radius 2 is 2.25 bits per heavy atom. The molecule has 1 fully saturated rings. The maximum Gasteiger partial charge on any atom is 0.251 e. The number of nitrogens with one attached hydrogen (secondary N) is 1. The first kappa shape index (κ1) is 15.0. The van der Waals surface area contributed by atoms with E-state index in [0.717, 1.165) is 37.0 Å². The van der Waals surface area contributed by atoms with Gasteiger partial charge in [0.05, 0.1) is 6.10 Å². The van der Waals surface area contributed by atoms with Gasteiger partial charge >= 0.3 is 0 Å². The van der Waals surface area contributed by atoms with Crippen molar-refractivity contribution >= 4 is 5.91 Å². The second-order valence-electron chi connectivity index (χ2n) is 5.91. The summed E-state index contributed by atoms with van der Waals surface area (Å²) in [6.07, 6.45) is 4.75. The molecule has 0 spiro atoms. The van der Waals surface area contributed by atoms with Crippen LogP contribution in [0.3, 0.4) is 0 Å². The van der Waals surface area contributed by atoms with Gasteiger partial charge in [-0.3, -0.25) is 4.79 Å². The van der Waals surface area contributed by atoms with Crippen LogP contribution in [-0.4, -0.2) is 24.7 Å². The molecule has 1 saturated heterocycles. The Balaban J connectivity index is 1.83. The van der Waals surface area contributed by atoms with Crippen molar-refractivity contribution in [3.05, 3.63) is 34.9 Å². The molecule has 0 aliphatic carbocycles. The van der Waals surface area contributed by atoms with Crippen molar-refractivity contribution in [2.45, 2.75) is 58.6 Å². The van der Waals surface area contributed by atoms with E-state index < -0.39 is 0 Å². The van der Waals surface area contributed by atoms with E-state index in [1.165, 1.54) is 12.0 Å². The van der Waals surface area contributed by atoms with Crippen LogP contribution < -0.4 is 5.32 Å². The minimum Gasteiger partial charge on any atom is -0.378 e. The van der Waals surface area contributed by atoms with Crippen molar-refractivity contribution in [2.75, 3.05) is 6.61 Å². The van der Waals surface area contributed by atoms with Crippen LogP contribution in [0.1, 0.15) is 54.1 Å².